The Bertz CT molecular complexity index is 2460. The number of hydrogen-bond acceptors (Lipinski definition) is 1. The van der Waals surface area contributed by atoms with Gasteiger partial charge in [0.1, 0.15) is 0 Å². The van der Waals surface area contributed by atoms with Crippen molar-refractivity contribution < 1.29 is 0 Å². The van der Waals surface area contributed by atoms with Crippen LogP contribution in [0, 0.1) is 0 Å². The highest BCUT2D eigenvalue weighted by atomic mass is 15.0. The van der Waals surface area contributed by atoms with Crippen LogP contribution in [0.25, 0.3) is 76.9 Å². The van der Waals surface area contributed by atoms with Crippen LogP contribution in [0.3, 0.4) is 0 Å². The van der Waals surface area contributed by atoms with E-state index in [-0.39, 0.29) is 0 Å². The van der Waals surface area contributed by atoms with E-state index in [1.807, 2.05) is 12.4 Å². The lowest BCUT2D eigenvalue weighted by Gasteiger charge is -2.10. The Morgan fingerprint density at radius 3 is 2.10 bits per heavy atom. The van der Waals surface area contributed by atoms with Crippen LogP contribution in [0.1, 0.15) is 0 Å². The number of benzene rings is 6. The second kappa shape index (κ2) is 8.92. The number of nitrogens with zero attached hydrogens (tertiary/aromatic N) is 3. The highest BCUT2D eigenvalue weighted by Gasteiger charge is 2.18. The van der Waals surface area contributed by atoms with Crippen LogP contribution < -0.4 is 0 Å². The lowest BCUT2D eigenvalue weighted by Crippen LogP contribution is -1.94. The van der Waals surface area contributed by atoms with Gasteiger partial charge < -0.3 is 9.13 Å². The maximum absolute atomic E-state index is 4.51. The van der Waals surface area contributed by atoms with Gasteiger partial charge in [-0.1, -0.05) is 84.9 Å². The Balaban J connectivity index is 1.32. The third kappa shape index (κ3) is 3.31. The van der Waals surface area contributed by atoms with Gasteiger partial charge in [0, 0.05) is 45.3 Å². The molecule has 3 heterocycles. The fraction of sp³-hybridized carbons (Fsp3) is 0. The van der Waals surface area contributed by atoms with E-state index in [9.17, 15) is 0 Å². The predicted octanol–water partition coefficient (Wildman–Crippen LogP) is 10.1. The maximum Gasteiger partial charge on any atom is 0.0571 e. The Morgan fingerprint density at radius 2 is 1.17 bits per heavy atom. The predicted molar refractivity (Wildman–Crippen MR) is 176 cm³/mol. The van der Waals surface area contributed by atoms with Crippen molar-refractivity contribution in [1.29, 1.82) is 0 Å². The van der Waals surface area contributed by atoms with Gasteiger partial charge in [-0.05, 0) is 76.5 Å². The van der Waals surface area contributed by atoms with Crippen LogP contribution >= 0.6 is 0 Å². The molecule has 0 saturated carbocycles. The first-order valence-electron chi connectivity index (χ1n) is 14.3. The van der Waals surface area contributed by atoms with Crippen LogP contribution in [0.2, 0.25) is 0 Å². The molecule has 0 amide bonds. The Labute approximate surface area is 242 Å². The minimum absolute atomic E-state index is 1.15. The van der Waals surface area contributed by atoms with Gasteiger partial charge in [0.25, 0.3) is 0 Å². The SMILES string of the molecule is c1ccc(-n2c3ccncc3c3cc(-c4cccc5c4c4ccccc4n5-c4ccc5ccccc5c4)ccc32)cc1. The van der Waals surface area contributed by atoms with Crippen LogP contribution in [0.15, 0.2) is 152 Å². The van der Waals surface area contributed by atoms with Crippen molar-refractivity contribution in [3.05, 3.63) is 152 Å². The third-order valence-corrected chi connectivity index (χ3v) is 8.58. The normalized spacial score (nSPS) is 11.8. The molecule has 0 N–H and O–H groups in total. The number of fused-ring (bicyclic) bond motifs is 7. The maximum atomic E-state index is 4.51. The van der Waals surface area contributed by atoms with Crippen LogP contribution in [-0.4, -0.2) is 14.1 Å². The molecule has 6 aromatic carbocycles. The zero-order valence-electron chi connectivity index (χ0n) is 22.8. The Morgan fingerprint density at radius 1 is 0.429 bits per heavy atom. The zero-order valence-corrected chi connectivity index (χ0v) is 22.8. The molecule has 0 aliphatic carbocycles. The molecule has 3 nitrogen and oxygen atoms in total. The summed E-state index contributed by atoms with van der Waals surface area (Å²) in [4.78, 5) is 4.51. The molecule has 0 radical (unpaired) electrons. The molecule has 42 heavy (non-hydrogen) atoms. The molecule has 0 saturated heterocycles. The van der Waals surface area contributed by atoms with E-state index in [1.165, 1.54) is 60.3 Å². The molecule has 196 valence electrons. The van der Waals surface area contributed by atoms with Gasteiger partial charge >= 0.3 is 0 Å². The highest BCUT2D eigenvalue weighted by molar-refractivity contribution is 6.17. The van der Waals surface area contributed by atoms with E-state index in [4.69, 9.17) is 0 Å². The van der Waals surface area contributed by atoms with Crippen molar-refractivity contribution in [3.8, 4) is 22.5 Å². The minimum Gasteiger partial charge on any atom is -0.309 e. The Kier molecular flexibility index (Phi) is 4.90. The average molecular weight is 536 g/mol. The second-order valence-corrected chi connectivity index (χ2v) is 10.9. The quantitative estimate of drug-likeness (QED) is 0.221. The van der Waals surface area contributed by atoms with Crippen molar-refractivity contribution >= 4 is 54.4 Å². The summed E-state index contributed by atoms with van der Waals surface area (Å²) in [7, 11) is 0. The number of hydrogen-bond donors (Lipinski definition) is 0. The zero-order chi connectivity index (χ0) is 27.6. The number of para-hydroxylation sites is 2. The molecule has 0 unspecified atom stereocenters. The number of aromatic nitrogens is 3. The van der Waals surface area contributed by atoms with Gasteiger partial charge in [-0.15, -0.1) is 0 Å². The average Bonchev–Trinajstić information content (AvgIpc) is 3.58. The standard InChI is InChI=1S/C39H25N3/c1-2-11-29(12-3-1)41-36-20-18-28(24-33(36)34-25-40-22-21-37(34)41)31-14-8-16-38-39(31)32-13-6-7-15-35(32)42(38)30-19-17-26-9-4-5-10-27(26)23-30/h1-25H. The molecular formula is C39H25N3. The molecule has 0 spiro atoms. The molecule has 0 atom stereocenters. The lowest BCUT2D eigenvalue weighted by atomic mass is 9.98. The van der Waals surface area contributed by atoms with Crippen molar-refractivity contribution in [3.63, 3.8) is 0 Å². The summed E-state index contributed by atoms with van der Waals surface area (Å²) in [6, 6.07) is 50.3. The largest absolute Gasteiger partial charge is 0.309 e. The number of rotatable bonds is 3. The van der Waals surface area contributed by atoms with E-state index < -0.39 is 0 Å². The molecule has 9 rings (SSSR count). The molecule has 0 aliphatic rings. The molecule has 0 fully saturated rings. The van der Waals surface area contributed by atoms with Gasteiger partial charge in [-0.3, -0.25) is 4.98 Å². The first kappa shape index (κ1) is 23.1. The highest BCUT2D eigenvalue weighted by Crippen LogP contribution is 2.41. The first-order chi connectivity index (χ1) is 20.8. The van der Waals surface area contributed by atoms with Crippen molar-refractivity contribution in [2.75, 3.05) is 0 Å². The minimum atomic E-state index is 1.15. The summed E-state index contributed by atoms with van der Waals surface area (Å²) in [6.07, 6.45) is 3.87. The van der Waals surface area contributed by atoms with Gasteiger partial charge in [-0.2, -0.15) is 0 Å². The molecule has 9 aromatic rings. The topological polar surface area (TPSA) is 22.8 Å². The van der Waals surface area contributed by atoms with E-state index in [0.29, 0.717) is 0 Å². The number of pyridine rings is 1. The van der Waals surface area contributed by atoms with E-state index in [2.05, 4.69) is 154 Å². The molecule has 0 aliphatic heterocycles. The lowest BCUT2D eigenvalue weighted by molar-refractivity contribution is 1.17. The van der Waals surface area contributed by atoms with Gasteiger partial charge in [0.05, 0.1) is 22.1 Å². The van der Waals surface area contributed by atoms with Gasteiger partial charge in [0.2, 0.25) is 0 Å². The molecular weight excluding hydrogens is 510 g/mol. The Hall–Kier alpha value is -5.67. The summed E-state index contributed by atoms with van der Waals surface area (Å²) < 4.78 is 4.74. The van der Waals surface area contributed by atoms with Crippen molar-refractivity contribution in [2.24, 2.45) is 0 Å². The van der Waals surface area contributed by atoms with Crippen LogP contribution in [-0.2, 0) is 0 Å². The summed E-state index contributed by atoms with van der Waals surface area (Å²) in [5.41, 5.74) is 9.51. The summed E-state index contributed by atoms with van der Waals surface area (Å²) >= 11 is 0. The summed E-state index contributed by atoms with van der Waals surface area (Å²) in [5.74, 6) is 0. The fourth-order valence-corrected chi connectivity index (χ4v) is 6.74. The monoisotopic (exact) mass is 535 g/mol. The molecule has 0 bridgehead atoms. The smallest absolute Gasteiger partial charge is 0.0571 e. The van der Waals surface area contributed by atoms with Crippen LogP contribution in [0.4, 0.5) is 0 Å². The van der Waals surface area contributed by atoms with Crippen molar-refractivity contribution in [1.82, 2.24) is 14.1 Å². The molecule has 3 aromatic heterocycles. The van der Waals surface area contributed by atoms with Crippen molar-refractivity contribution in [2.45, 2.75) is 0 Å². The second-order valence-electron chi connectivity index (χ2n) is 10.9. The van der Waals surface area contributed by atoms with Gasteiger partial charge in [-0.25, -0.2) is 0 Å². The molecule has 3 heteroatoms. The van der Waals surface area contributed by atoms with Gasteiger partial charge in [0.15, 0.2) is 0 Å². The third-order valence-electron chi connectivity index (χ3n) is 8.58. The van der Waals surface area contributed by atoms with E-state index >= 15 is 0 Å². The fourth-order valence-electron chi connectivity index (χ4n) is 6.74. The van der Waals surface area contributed by atoms with Crippen LogP contribution in [0.5, 0.6) is 0 Å². The van der Waals surface area contributed by atoms with E-state index in [0.717, 1.165) is 16.6 Å². The summed E-state index contributed by atoms with van der Waals surface area (Å²) in [6.45, 7) is 0. The van der Waals surface area contributed by atoms with E-state index in [1.54, 1.807) is 0 Å². The summed E-state index contributed by atoms with van der Waals surface area (Å²) in [5, 5.41) is 7.38. The first-order valence-corrected chi connectivity index (χ1v) is 14.3.